The van der Waals surface area contributed by atoms with Crippen LogP contribution in [0, 0.1) is 0 Å². The van der Waals surface area contributed by atoms with Gasteiger partial charge in [0.2, 0.25) is 0 Å². The molecule has 0 bridgehead atoms. The second kappa shape index (κ2) is 3.63. The highest BCUT2D eigenvalue weighted by atomic mass is 16.5. The minimum Gasteiger partial charge on any atom is -0.300 e. The lowest BCUT2D eigenvalue weighted by Gasteiger charge is -2.43. The molecule has 0 aromatic heterocycles. The maximum absolute atomic E-state index is 12.1. The summed E-state index contributed by atoms with van der Waals surface area (Å²) in [5, 5.41) is 13.2. The van der Waals surface area contributed by atoms with E-state index in [9.17, 15) is 10.0 Å². The summed E-state index contributed by atoms with van der Waals surface area (Å²) in [4.78, 5) is 11.4. The molecule has 0 aromatic carbocycles. The van der Waals surface area contributed by atoms with Crippen molar-refractivity contribution in [1.82, 2.24) is 5.06 Å². The zero-order valence-corrected chi connectivity index (χ0v) is 9.59. The minimum atomic E-state index is -0.417. The Labute approximate surface area is 86.1 Å². The molecule has 1 rings (SSSR count). The fraction of sp³-hybridized carbons (Fsp3) is 0.909. The fourth-order valence-electron chi connectivity index (χ4n) is 2.04. The molecule has 1 aliphatic rings. The molecule has 1 radical (unpaired) electrons. The number of carbonyl (C=O) groups is 1. The number of hydrogen-bond donors (Lipinski definition) is 0. The van der Waals surface area contributed by atoms with E-state index in [1.165, 1.54) is 5.06 Å². The molecule has 14 heavy (non-hydrogen) atoms. The summed E-state index contributed by atoms with van der Waals surface area (Å²) in [6, 6.07) is 0. The lowest BCUT2D eigenvalue weighted by Crippen LogP contribution is -2.54. The van der Waals surface area contributed by atoms with Gasteiger partial charge in [0, 0.05) is 23.9 Å². The first kappa shape index (κ1) is 11.7. The summed E-state index contributed by atoms with van der Waals surface area (Å²) < 4.78 is 0. The summed E-state index contributed by atoms with van der Waals surface area (Å²) in [6.45, 7) is 7.67. The number of hydroxylamine groups is 2. The Morgan fingerprint density at radius 3 is 1.71 bits per heavy atom. The Hall–Kier alpha value is -0.410. The molecule has 1 heterocycles. The van der Waals surface area contributed by atoms with Crippen molar-refractivity contribution in [2.24, 2.45) is 0 Å². The number of hydrogen-bond acceptors (Lipinski definition) is 2. The van der Waals surface area contributed by atoms with E-state index in [4.69, 9.17) is 0 Å². The van der Waals surface area contributed by atoms with Crippen LogP contribution in [0.1, 0.15) is 53.4 Å². The molecule has 1 fully saturated rings. The van der Waals surface area contributed by atoms with Gasteiger partial charge in [0.25, 0.3) is 0 Å². The van der Waals surface area contributed by atoms with Gasteiger partial charge < -0.3 is 0 Å². The van der Waals surface area contributed by atoms with Gasteiger partial charge in [-0.15, -0.1) is 10.3 Å². The number of ketones is 1. The van der Waals surface area contributed by atoms with Gasteiger partial charge >= 0.3 is 0 Å². The smallest absolute Gasteiger partial charge is 0.133 e. The molecule has 1 saturated heterocycles. The van der Waals surface area contributed by atoms with Crippen LogP contribution in [0.25, 0.3) is 0 Å². The molecule has 81 valence electrons. The molecule has 3 heteroatoms. The van der Waals surface area contributed by atoms with Crippen molar-refractivity contribution in [2.75, 3.05) is 0 Å². The Morgan fingerprint density at radius 2 is 1.36 bits per heavy atom. The SMILES string of the molecule is CC1(C)CCC(=O)CCC(C)(C)N1[O]. The van der Waals surface area contributed by atoms with Crippen LogP contribution in [0.3, 0.4) is 0 Å². The molecule has 0 aliphatic carbocycles. The van der Waals surface area contributed by atoms with Crippen LogP contribution in [0.15, 0.2) is 0 Å². The highest BCUT2D eigenvalue weighted by molar-refractivity contribution is 5.78. The first-order valence-electron chi connectivity index (χ1n) is 5.25. The lowest BCUT2D eigenvalue weighted by molar-refractivity contribution is -0.275. The van der Waals surface area contributed by atoms with E-state index in [0.29, 0.717) is 31.5 Å². The van der Waals surface area contributed by atoms with E-state index in [-0.39, 0.29) is 0 Å². The Bertz CT molecular complexity index is 211. The summed E-state index contributed by atoms with van der Waals surface area (Å²) in [5.74, 6) is 0.291. The first-order chi connectivity index (χ1) is 6.26. The fourth-order valence-corrected chi connectivity index (χ4v) is 2.04. The van der Waals surface area contributed by atoms with E-state index < -0.39 is 11.1 Å². The van der Waals surface area contributed by atoms with E-state index in [0.717, 1.165) is 0 Å². The molecule has 0 aromatic rings. The molecule has 0 spiro atoms. The number of rotatable bonds is 0. The first-order valence-corrected chi connectivity index (χ1v) is 5.25. The van der Waals surface area contributed by atoms with Gasteiger partial charge in [-0.1, -0.05) is 0 Å². The second-order valence-corrected chi connectivity index (χ2v) is 5.46. The summed E-state index contributed by atoms with van der Waals surface area (Å²) >= 11 is 0. The second-order valence-electron chi connectivity index (χ2n) is 5.46. The maximum Gasteiger partial charge on any atom is 0.133 e. The Kier molecular flexibility index (Phi) is 3.02. The summed E-state index contributed by atoms with van der Waals surface area (Å²) in [6.07, 6.45) is 2.42. The van der Waals surface area contributed by atoms with Gasteiger partial charge in [0.15, 0.2) is 0 Å². The molecule has 0 unspecified atom stereocenters. The maximum atomic E-state index is 12.1. The van der Waals surface area contributed by atoms with Gasteiger partial charge in [0.05, 0.1) is 0 Å². The van der Waals surface area contributed by atoms with Crippen molar-refractivity contribution >= 4 is 5.78 Å². The highest BCUT2D eigenvalue weighted by Crippen LogP contribution is 2.33. The molecule has 0 atom stereocenters. The van der Waals surface area contributed by atoms with Crippen LogP contribution < -0.4 is 0 Å². The molecule has 0 N–H and O–H groups in total. The van der Waals surface area contributed by atoms with Crippen LogP contribution in [-0.2, 0) is 10.0 Å². The quantitative estimate of drug-likeness (QED) is 0.599. The van der Waals surface area contributed by atoms with E-state index in [1.807, 2.05) is 27.7 Å². The molecule has 1 aliphatic heterocycles. The van der Waals surface area contributed by atoms with Crippen molar-refractivity contribution in [3.05, 3.63) is 0 Å². The number of Topliss-reactive ketones (excluding diaryl/α,β-unsaturated/α-hetero) is 1. The number of nitrogens with zero attached hydrogens (tertiary/aromatic N) is 1. The van der Waals surface area contributed by atoms with Crippen molar-refractivity contribution in [2.45, 2.75) is 64.5 Å². The van der Waals surface area contributed by atoms with Gasteiger partial charge in [-0.05, 0) is 40.5 Å². The third kappa shape index (κ3) is 2.34. The summed E-state index contributed by atoms with van der Waals surface area (Å²) in [5.41, 5.74) is -0.834. The monoisotopic (exact) mass is 198 g/mol. The zero-order chi connectivity index (χ0) is 11.0. The van der Waals surface area contributed by atoms with Crippen LogP contribution in [0.5, 0.6) is 0 Å². The normalized spacial score (nSPS) is 28.2. The van der Waals surface area contributed by atoms with Gasteiger partial charge in [-0.3, -0.25) is 4.79 Å². The predicted octanol–water partition coefficient (Wildman–Crippen LogP) is 2.33. The van der Waals surface area contributed by atoms with E-state index in [1.54, 1.807) is 0 Å². The van der Waals surface area contributed by atoms with Crippen molar-refractivity contribution < 1.29 is 10.0 Å². The highest BCUT2D eigenvalue weighted by Gasteiger charge is 2.40. The van der Waals surface area contributed by atoms with Crippen LogP contribution in [-0.4, -0.2) is 21.9 Å². The van der Waals surface area contributed by atoms with Crippen molar-refractivity contribution in [3.8, 4) is 0 Å². The van der Waals surface area contributed by atoms with Crippen LogP contribution >= 0.6 is 0 Å². The van der Waals surface area contributed by atoms with E-state index >= 15 is 0 Å². The zero-order valence-electron chi connectivity index (χ0n) is 9.59. The van der Waals surface area contributed by atoms with Gasteiger partial charge in [-0.25, -0.2) is 0 Å². The largest absolute Gasteiger partial charge is 0.300 e. The molecule has 0 amide bonds. The van der Waals surface area contributed by atoms with Gasteiger partial charge in [0.1, 0.15) is 5.78 Å². The molecule has 3 nitrogen and oxygen atoms in total. The standard InChI is InChI=1S/C11H20NO2/c1-10(2)7-5-9(13)6-8-11(3,4)12(10)14/h5-8H2,1-4H3. The Morgan fingerprint density at radius 1 is 1.00 bits per heavy atom. The van der Waals surface area contributed by atoms with Crippen molar-refractivity contribution in [3.63, 3.8) is 0 Å². The molecular weight excluding hydrogens is 178 g/mol. The van der Waals surface area contributed by atoms with Crippen LogP contribution in [0.4, 0.5) is 0 Å². The molecular formula is C11H20NO2. The Balaban J connectivity index is 2.86. The van der Waals surface area contributed by atoms with Gasteiger partial charge in [-0.2, -0.15) is 0 Å². The molecule has 0 saturated carbocycles. The third-order valence-corrected chi connectivity index (χ3v) is 3.13. The topological polar surface area (TPSA) is 40.2 Å². The lowest BCUT2D eigenvalue weighted by atomic mass is 9.84. The summed E-state index contributed by atoms with van der Waals surface area (Å²) in [7, 11) is 0. The van der Waals surface area contributed by atoms with Crippen molar-refractivity contribution in [1.29, 1.82) is 0 Å². The minimum absolute atomic E-state index is 0.291. The average molecular weight is 198 g/mol. The predicted molar refractivity (Wildman–Crippen MR) is 54.2 cm³/mol. The number of carbonyl (C=O) groups excluding carboxylic acids is 1. The van der Waals surface area contributed by atoms with Crippen LogP contribution in [0.2, 0.25) is 0 Å². The van der Waals surface area contributed by atoms with E-state index in [2.05, 4.69) is 0 Å². The average Bonchev–Trinajstić information content (AvgIpc) is 2.09. The third-order valence-electron chi connectivity index (χ3n) is 3.13.